The van der Waals surface area contributed by atoms with E-state index in [2.05, 4.69) is 31.1 Å². The number of ether oxygens (including phenoxy) is 1. The minimum Gasteiger partial charge on any atom is -0.493 e. The van der Waals surface area contributed by atoms with Gasteiger partial charge in [-0.1, -0.05) is 39.1 Å². The predicted molar refractivity (Wildman–Crippen MR) is 113 cm³/mol. The van der Waals surface area contributed by atoms with Crippen LogP contribution in [0.15, 0.2) is 45.0 Å². The van der Waals surface area contributed by atoms with Gasteiger partial charge in [0, 0.05) is 21.3 Å². The van der Waals surface area contributed by atoms with E-state index in [0.29, 0.717) is 39.7 Å². The maximum absolute atomic E-state index is 12.0. The van der Waals surface area contributed by atoms with Crippen molar-refractivity contribution in [2.75, 3.05) is 6.61 Å². The number of H-pyrrole nitrogens is 1. The zero-order valence-corrected chi connectivity index (χ0v) is 17.9. The second-order valence-corrected chi connectivity index (χ2v) is 7.79. The quantitative estimate of drug-likeness (QED) is 0.300. The van der Waals surface area contributed by atoms with E-state index < -0.39 is 5.91 Å². The Morgan fingerprint density at radius 1 is 1.29 bits per heavy atom. The summed E-state index contributed by atoms with van der Waals surface area (Å²) >= 11 is 15.3. The molecule has 0 aliphatic carbocycles. The second kappa shape index (κ2) is 8.94. The molecule has 3 aromatic rings. The van der Waals surface area contributed by atoms with Crippen molar-refractivity contribution in [2.24, 2.45) is 10.2 Å². The van der Waals surface area contributed by atoms with Crippen molar-refractivity contribution in [3.63, 3.8) is 0 Å². The Bertz CT molecular complexity index is 1070. The number of aromatic amines is 1. The third-order valence-electron chi connectivity index (χ3n) is 3.98. The molecule has 146 valence electrons. The van der Waals surface area contributed by atoms with Gasteiger partial charge >= 0.3 is 0 Å². The first-order chi connectivity index (χ1) is 13.3. The van der Waals surface area contributed by atoms with Crippen molar-refractivity contribution < 1.29 is 14.6 Å². The molecule has 0 aliphatic heterocycles. The molecule has 0 saturated carbocycles. The molecule has 3 rings (SSSR count). The minimum atomic E-state index is -0.409. The Morgan fingerprint density at radius 2 is 2.07 bits per heavy atom. The Labute approximate surface area is 179 Å². The van der Waals surface area contributed by atoms with E-state index in [9.17, 15) is 9.90 Å². The number of carbonyl (C=O) groups is 1. The number of fused-ring (bicyclic) bond motifs is 1. The monoisotopic (exact) mass is 483 g/mol. The van der Waals surface area contributed by atoms with E-state index in [4.69, 9.17) is 27.9 Å². The minimum absolute atomic E-state index is 0.134. The fourth-order valence-corrected chi connectivity index (χ4v) is 3.36. The van der Waals surface area contributed by atoms with E-state index >= 15 is 0 Å². The lowest BCUT2D eigenvalue weighted by molar-refractivity contribution is -0.118. The molecule has 0 saturated heterocycles. The molecule has 0 unspecified atom stereocenters. The van der Waals surface area contributed by atoms with Gasteiger partial charge in [-0.25, -0.2) is 0 Å². The number of aromatic nitrogens is 1. The van der Waals surface area contributed by atoms with Crippen molar-refractivity contribution in [2.45, 2.75) is 19.8 Å². The molecule has 2 aromatic carbocycles. The smallest absolute Gasteiger partial charge is 0.264 e. The molecule has 0 spiro atoms. The molecule has 0 aliphatic rings. The van der Waals surface area contributed by atoms with Crippen LogP contribution >= 0.6 is 39.1 Å². The molecule has 1 aromatic heterocycles. The lowest BCUT2D eigenvalue weighted by Crippen LogP contribution is -2.01. The average molecular weight is 485 g/mol. The van der Waals surface area contributed by atoms with Gasteiger partial charge in [-0.3, -0.25) is 4.79 Å². The summed E-state index contributed by atoms with van der Waals surface area (Å²) in [6.07, 6.45) is 0.602. The van der Waals surface area contributed by atoms with Crippen LogP contribution in [0.2, 0.25) is 10.0 Å². The lowest BCUT2D eigenvalue weighted by Gasteiger charge is -2.07. The maximum Gasteiger partial charge on any atom is 0.264 e. The number of carbonyl (C=O) groups excluding carboxylic acids is 1. The number of nitrogens with zero attached hydrogens (tertiary/aromatic N) is 2. The Hall–Kier alpha value is -2.09. The number of benzene rings is 2. The van der Waals surface area contributed by atoms with Crippen molar-refractivity contribution in [3.8, 4) is 11.6 Å². The van der Waals surface area contributed by atoms with Crippen LogP contribution in [0.4, 0.5) is 5.69 Å². The Morgan fingerprint density at radius 3 is 2.82 bits per heavy atom. The van der Waals surface area contributed by atoms with Gasteiger partial charge in [0.2, 0.25) is 5.88 Å². The molecule has 0 radical (unpaired) electrons. The topological polar surface area (TPSA) is 87.0 Å². The lowest BCUT2D eigenvalue weighted by atomic mass is 10.1. The number of aromatic hydroxyl groups is 1. The number of amides is 1. The summed E-state index contributed by atoms with van der Waals surface area (Å²) in [6.45, 7) is 2.22. The summed E-state index contributed by atoms with van der Waals surface area (Å²) in [6, 6.07) is 8.64. The Kier molecular flexibility index (Phi) is 6.59. The molecular formula is C19H16BrCl2N3O3. The van der Waals surface area contributed by atoms with Crippen LogP contribution in [0.5, 0.6) is 11.6 Å². The van der Waals surface area contributed by atoms with Gasteiger partial charge in [-0.05, 0) is 49.2 Å². The molecule has 28 heavy (non-hydrogen) atoms. The summed E-state index contributed by atoms with van der Waals surface area (Å²) in [5, 5.41) is 19.3. The standard InChI is InChI=1S/C19H16BrCl2N3O3/c1-10-7-12-15(9-13(10)20)23-19(27)18(12)25-24-17(26)3-2-6-28-16-5-4-11(21)8-14(16)22/h4-5,7-9,23,27H,2-3,6H2,1H3. The highest BCUT2D eigenvalue weighted by atomic mass is 79.9. The van der Waals surface area contributed by atoms with Crippen molar-refractivity contribution in [1.82, 2.24) is 4.98 Å². The van der Waals surface area contributed by atoms with Crippen LogP contribution in [0.1, 0.15) is 18.4 Å². The highest BCUT2D eigenvalue weighted by Crippen LogP contribution is 2.37. The summed E-state index contributed by atoms with van der Waals surface area (Å²) < 4.78 is 6.43. The van der Waals surface area contributed by atoms with Crippen molar-refractivity contribution >= 4 is 61.6 Å². The van der Waals surface area contributed by atoms with Gasteiger partial charge < -0.3 is 14.8 Å². The average Bonchev–Trinajstić information content (AvgIpc) is 2.93. The highest BCUT2D eigenvalue weighted by Gasteiger charge is 2.13. The summed E-state index contributed by atoms with van der Waals surface area (Å²) in [5.41, 5.74) is 1.92. The number of azo groups is 1. The number of hydrogen-bond donors (Lipinski definition) is 2. The first kappa shape index (κ1) is 20.6. The van der Waals surface area contributed by atoms with E-state index in [-0.39, 0.29) is 18.0 Å². The van der Waals surface area contributed by atoms with E-state index in [0.717, 1.165) is 10.0 Å². The zero-order chi connectivity index (χ0) is 20.3. The zero-order valence-electron chi connectivity index (χ0n) is 14.8. The van der Waals surface area contributed by atoms with Crippen LogP contribution in [0, 0.1) is 6.92 Å². The number of rotatable bonds is 6. The van der Waals surface area contributed by atoms with E-state index in [1.165, 1.54) is 0 Å². The molecular weight excluding hydrogens is 469 g/mol. The predicted octanol–water partition coefficient (Wildman–Crippen LogP) is 6.72. The van der Waals surface area contributed by atoms with Crippen LogP contribution in [0.25, 0.3) is 10.9 Å². The third-order valence-corrected chi connectivity index (χ3v) is 5.36. The van der Waals surface area contributed by atoms with Gasteiger partial charge in [0.1, 0.15) is 5.75 Å². The molecule has 0 fully saturated rings. The van der Waals surface area contributed by atoms with Crippen LogP contribution < -0.4 is 4.74 Å². The SMILES string of the molecule is Cc1cc2c(N=NC(=O)CCCOc3ccc(Cl)cc3Cl)c(O)[nH]c2cc1Br. The largest absolute Gasteiger partial charge is 0.493 e. The molecule has 1 amide bonds. The van der Waals surface area contributed by atoms with Crippen molar-refractivity contribution in [1.29, 1.82) is 0 Å². The molecule has 0 bridgehead atoms. The fourth-order valence-electron chi connectivity index (χ4n) is 2.55. The molecule has 6 nitrogen and oxygen atoms in total. The number of hydrogen-bond acceptors (Lipinski definition) is 4. The summed E-state index contributed by atoms with van der Waals surface area (Å²) in [7, 11) is 0. The van der Waals surface area contributed by atoms with Gasteiger partial charge in [0.25, 0.3) is 5.91 Å². The van der Waals surface area contributed by atoms with Crippen LogP contribution in [-0.2, 0) is 4.79 Å². The molecule has 0 atom stereocenters. The molecule has 9 heteroatoms. The molecule has 1 heterocycles. The second-order valence-electron chi connectivity index (χ2n) is 6.09. The van der Waals surface area contributed by atoms with Gasteiger partial charge in [0.15, 0.2) is 5.69 Å². The normalized spacial score (nSPS) is 11.4. The number of aryl methyl sites for hydroxylation is 1. The third kappa shape index (κ3) is 4.84. The Balaban J connectivity index is 1.57. The van der Waals surface area contributed by atoms with E-state index in [1.54, 1.807) is 18.2 Å². The van der Waals surface area contributed by atoms with Crippen LogP contribution in [0.3, 0.4) is 0 Å². The first-order valence-corrected chi connectivity index (χ1v) is 9.93. The molecule has 2 N–H and O–H groups in total. The fraction of sp³-hybridized carbons (Fsp3) is 0.211. The van der Waals surface area contributed by atoms with Gasteiger partial charge in [-0.2, -0.15) is 0 Å². The maximum atomic E-state index is 12.0. The summed E-state index contributed by atoms with van der Waals surface area (Å²) in [4.78, 5) is 14.8. The number of nitrogens with one attached hydrogen (secondary N) is 1. The van der Waals surface area contributed by atoms with Crippen LogP contribution in [-0.4, -0.2) is 22.6 Å². The first-order valence-electron chi connectivity index (χ1n) is 8.38. The summed E-state index contributed by atoms with van der Waals surface area (Å²) in [5.74, 6) is -0.0384. The van der Waals surface area contributed by atoms with Gasteiger partial charge in [-0.15, -0.1) is 10.2 Å². The van der Waals surface area contributed by atoms with E-state index in [1.807, 2.05) is 19.1 Å². The van der Waals surface area contributed by atoms with Crippen molar-refractivity contribution in [3.05, 3.63) is 50.4 Å². The van der Waals surface area contributed by atoms with Gasteiger partial charge in [0.05, 0.1) is 17.1 Å². The number of halogens is 3. The highest BCUT2D eigenvalue weighted by molar-refractivity contribution is 9.10.